The fourth-order valence-corrected chi connectivity index (χ4v) is 3.48. The highest BCUT2D eigenvalue weighted by Gasteiger charge is 2.24. The van der Waals surface area contributed by atoms with Crippen LogP contribution in [0.1, 0.15) is 12.5 Å². The summed E-state index contributed by atoms with van der Waals surface area (Å²) in [7, 11) is -4.73. The van der Waals surface area contributed by atoms with Crippen LogP contribution in [0, 0.1) is 0 Å². The van der Waals surface area contributed by atoms with Crippen molar-refractivity contribution in [1.29, 1.82) is 0 Å². The van der Waals surface area contributed by atoms with E-state index >= 15 is 0 Å². The van der Waals surface area contributed by atoms with Gasteiger partial charge in [0.2, 0.25) is 0 Å². The molecule has 0 saturated heterocycles. The van der Waals surface area contributed by atoms with Gasteiger partial charge in [0.25, 0.3) is 0 Å². The van der Waals surface area contributed by atoms with Crippen LogP contribution in [0.3, 0.4) is 0 Å². The third-order valence-corrected chi connectivity index (χ3v) is 5.19. The smallest absolute Gasteiger partial charge is 0.469 e. The van der Waals surface area contributed by atoms with Gasteiger partial charge >= 0.3 is 13.8 Å². The lowest BCUT2D eigenvalue weighted by molar-refractivity contribution is -0.129. The number of nitrogens with one attached hydrogen (secondary N) is 1. The van der Waals surface area contributed by atoms with Crippen LogP contribution in [-0.2, 0) is 20.3 Å². The number of fused-ring (bicyclic) bond motifs is 1. The first-order valence-electron chi connectivity index (χ1n) is 9.05. The number of hydrogen-bond acceptors (Lipinski definition) is 7. The lowest BCUT2D eigenvalue weighted by atomic mass is 10.0. The molecule has 5 N–H and O–H groups in total. The van der Waals surface area contributed by atoms with E-state index in [9.17, 15) is 19.6 Å². The molecule has 1 aromatic rings. The van der Waals surface area contributed by atoms with Crippen LogP contribution < -0.4 is 10.2 Å². The number of rotatable bonds is 7. The average molecular weight is 435 g/mol. The van der Waals surface area contributed by atoms with Gasteiger partial charge in [-0.05, 0) is 25.0 Å². The third kappa shape index (κ3) is 5.17. The van der Waals surface area contributed by atoms with E-state index in [0.29, 0.717) is 12.2 Å². The lowest BCUT2D eigenvalue weighted by Crippen LogP contribution is -2.32. The van der Waals surface area contributed by atoms with Crippen molar-refractivity contribution in [3.8, 4) is 0 Å². The van der Waals surface area contributed by atoms with E-state index in [4.69, 9.17) is 9.79 Å². The number of allylic oxidation sites excluding steroid dienone is 2. The van der Waals surface area contributed by atoms with Gasteiger partial charge in [-0.15, -0.1) is 0 Å². The minimum atomic E-state index is -4.73. The second-order valence-electron chi connectivity index (χ2n) is 6.78. The van der Waals surface area contributed by atoms with Crippen molar-refractivity contribution < 1.29 is 33.9 Å². The van der Waals surface area contributed by atoms with Crippen LogP contribution in [-0.4, -0.2) is 51.4 Å². The van der Waals surface area contributed by atoms with Crippen LogP contribution in [0.2, 0.25) is 0 Å². The first kappa shape index (κ1) is 21.8. The number of hydrogen-bond donors (Lipinski definition) is 5. The Labute approximate surface area is 172 Å². The zero-order chi connectivity index (χ0) is 21.9. The summed E-state index contributed by atoms with van der Waals surface area (Å²) in [6.07, 6.45) is 3.38. The van der Waals surface area contributed by atoms with Gasteiger partial charge < -0.3 is 30.2 Å². The number of para-hydroxylation sites is 1. The molecule has 0 aliphatic carbocycles. The van der Waals surface area contributed by atoms with Gasteiger partial charge in [-0.1, -0.05) is 18.2 Å². The molecule has 160 valence electrons. The Hall–Kier alpha value is -2.91. The molecule has 0 fully saturated rings. The minimum absolute atomic E-state index is 0.0653. The molecule has 0 spiro atoms. The maximum Gasteiger partial charge on any atom is 0.469 e. The molecule has 0 saturated carbocycles. The number of benzene rings is 1. The average Bonchev–Trinajstić information content (AvgIpc) is 3.09. The summed E-state index contributed by atoms with van der Waals surface area (Å²) in [5, 5.41) is 22.7. The summed E-state index contributed by atoms with van der Waals surface area (Å²) in [6, 6.07) is 7.73. The standard InChI is InChI=1S/C19H22N3O7P/c1-12-18(23)15(14(8-20-12)11-29-30(26,27)28)9-21-16(19(24)25)10-22-7-6-13-4-2-3-5-17(13)22/h2-5,8-9,20,23H,6-7,10-11H2,1H3,(H,24,25)(H2,26,27,28)/b15-9-,21-16?. The van der Waals surface area contributed by atoms with E-state index in [-0.39, 0.29) is 29.2 Å². The van der Waals surface area contributed by atoms with Crippen LogP contribution in [0.25, 0.3) is 0 Å². The van der Waals surface area contributed by atoms with Gasteiger partial charge in [0.1, 0.15) is 11.5 Å². The molecule has 0 bridgehead atoms. The molecule has 1 aromatic carbocycles. The van der Waals surface area contributed by atoms with E-state index in [0.717, 1.165) is 17.7 Å². The summed E-state index contributed by atoms with van der Waals surface area (Å²) >= 11 is 0. The summed E-state index contributed by atoms with van der Waals surface area (Å²) in [5.41, 5.74) is 2.65. The summed E-state index contributed by atoms with van der Waals surface area (Å²) in [6.45, 7) is 1.81. The minimum Gasteiger partial charge on any atom is -0.505 e. The summed E-state index contributed by atoms with van der Waals surface area (Å²) in [5.74, 6) is -1.43. The van der Waals surface area contributed by atoms with Crippen molar-refractivity contribution in [2.24, 2.45) is 4.99 Å². The Kier molecular flexibility index (Phi) is 6.42. The molecular formula is C19H22N3O7P. The van der Waals surface area contributed by atoms with Gasteiger partial charge in [-0.2, -0.15) is 0 Å². The Morgan fingerprint density at radius 3 is 2.80 bits per heavy atom. The Morgan fingerprint density at radius 1 is 1.37 bits per heavy atom. The molecule has 2 aliphatic heterocycles. The van der Waals surface area contributed by atoms with E-state index in [1.807, 2.05) is 29.2 Å². The number of aliphatic hydroxyl groups is 1. The van der Waals surface area contributed by atoms with Crippen LogP contribution in [0.4, 0.5) is 5.69 Å². The fourth-order valence-electron chi connectivity index (χ4n) is 3.17. The number of carboxylic acid groups (broad SMARTS) is 1. The van der Waals surface area contributed by atoms with Crippen molar-refractivity contribution in [2.45, 2.75) is 13.3 Å². The number of dihydropyridines is 1. The van der Waals surface area contributed by atoms with Gasteiger partial charge in [-0.25, -0.2) is 9.36 Å². The number of carboxylic acids is 1. The molecule has 11 heteroatoms. The summed E-state index contributed by atoms with van der Waals surface area (Å²) < 4.78 is 15.5. The largest absolute Gasteiger partial charge is 0.505 e. The van der Waals surface area contributed by atoms with E-state index in [1.54, 1.807) is 6.92 Å². The molecule has 0 unspecified atom stereocenters. The van der Waals surface area contributed by atoms with E-state index < -0.39 is 20.4 Å². The normalized spacial score (nSPS) is 18.4. The number of carbonyl (C=O) groups is 1. The quantitative estimate of drug-likeness (QED) is 0.319. The molecule has 2 aliphatic rings. The van der Waals surface area contributed by atoms with Gasteiger partial charge in [0, 0.05) is 35.8 Å². The molecule has 30 heavy (non-hydrogen) atoms. The van der Waals surface area contributed by atoms with Crippen molar-refractivity contribution in [3.05, 3.63) is 64.8 Å². The Balaban J connectivity index is 1.86. The highest BCUT2D eigenvalue weighted by Crippen LogP contribution is 2.37. The van der Waals surface area contributed by atoms with Crippen LogP contribution >= 0.6 is 7.82 Å². The molecule has 10 nitrogen and oxygen atoms in total. The maximum absolute atomic E-state index is 11.7. The van der Waals surface area contributed by atoms with Crippen molar-refractivity contribution in [2.75, 3.05) is 24.6 Å². The number of anilines is 1. The molecule has 0 radical (unpaired) electrons. The lowest BCUT2D eigenvalue weighted by Gasteiger charge is -2.20. The monoisotopic (exact) mass is 435 g/mol. The molecule has 2 heterocycles. The number of aliphatic hydroxyl groups excluding tert-OH is 1. The number of nitrogens with zero attached hydrogens (tertiary/aromatic N) is 2. The second-order valence-corrected chi connectivity index (χ2v) is 8.01. The summed E-state index contributed by atoms with van der Waals surface area (Å²) in [4.78, 5) is 35.6. The van der Waals surface area contributed by atoms with E-state index in [1.165, 1.54) is 12.4 Å². The van der Waals surface area contributed by atoms with Crippen LogP contribution in [0.15, 0.2) is 64.3 Å². The zero-order valence-corrected chi connectivity index (χ0v) is 17.0. The second kappa shape index (κ2) is 8.85. The zero-order valence-electron chi connectivity index (χ0n) is 16.1. The first-order valence-corrected chi connectivity index (χ1v) is 10.6. The number of phosphoric ester groups is 1. The first-order chi connectivity index (χ1) is 14.2. The fraction of sp³-hybridized carbons (Fsp3) is 0.263. The Bertz CT molecular complexity index is 1020. The predicted octanol–water partition coefficient (Wildman–Crippen LogP) is 1.84. The molecular weight excluding hydrogens is 413 g/mol. The SMILES string of the molecule is CC1=C(O)/C(=C\N=C(CN2CCc3ccccc32)C(=O)O)C(COP(=O)(O)O)=CN1. The van der Waals surface area contributed by atoms with Gasteiger partial charge in [-0.3, -0.25) is 9.52 Å². The number of phosphoric acid groups is 1. The third-order valence-electron chi connectivity index (χ3n) is 4.73. The van der Waals surface area contributed by atoms with E-state index in [2.05, 4.69) is 14.8 Å². The Morgan fingerprint density at radius 2 is 2.10 bits per heavy atom. The highest BCUT2D eigenvalue weighted by atomic mass is 31.2. The molecule has 0 atom stereocenters. The predicted molar refractivity (Wildman–Crippen MR) is 110 cm³/mol. The highest BCUT2D eigenvalue weighted by molar-refractivity contribution is 7.46. The van der Waals surface area contributed by atoms with Crippen molar-refractivity contribution >= 4 is 25.2 Å². The molecule has 0 amide bonds. The molecule has 3 rings (SSSR count). The maximum atomic E-state index is 11.7. The molecule has 0 aromatic heterocycles. The topological polar surface area (TPSA) is 152 Å². The van der Waals surface area contributed by atoms with Crippen molar-refractivity contribution in [1.82, 2.24) is 5.32 Å². The van der Waals surface area contributed by atoms with Gasteiger partial charge in [0.05, 0.1) is 18.8 Å². The van der Waals surface area contributed by atoms with Gasteiger partial charge in [0.15, 0.2) is 0 Å². The van der Waals surface area contributed by atoms with Crippen LogP contribution in [0.5, 0.6) is 0 Å². The number of aliphatic imine (C=N–C) groups is 1. The van der Waals surface area contributed by atoms with Crippen molar-refractivity contribution in [3.63, 3.8) is 0 Å². The number of aliphatic carboxylic acids is 1.